The molecule has 1 aliphatic rings. The second kappa shape index (κ2) is 6.47. The van der Waals surface area contributed by atoms with Gasteiger partial charge in [0.25, 0.3) is 0 Å². The van der Waals surface area contributed by atoms with Crippen LogP contribution in [0.4, 0.5) is 4.79 Å². The molecule has 1 aliphatic heterocycles. The van der Waals surface area contributed by atoms with Gasteiger partial charge in [0.1, 0.15) is 13.2 Å². The minimum absolute atomic E-state index is 0.0914. The van der Waals surface area contributed by atoms with Crippen molar-refractivity contribution < 1.29 is 19.4 Å². The van der Waals surface area contributed by atoms with Gasteiger partial charge in [-0.3, -0.25) is 0 Å². The molecule has 0 saturated heterocycles. The van der Waals surface area contributed by atoms with E-state index < -0.39 is 0 Å². The van der Waals surface area contributed by atoms with Crippen molar-refractivity contribution in [2.24, 2.45) is 0 Å². The van der Waals surface area contributed by atoms with Gasteiger partial charge in [-0.25, -0.2) is 4.79 Å². The van der Waals surface area contributed by atoms with E-state index >= 15 is 0 Å². The standard InChI is InChI=1S/C14H20N2O4/c1-9(8-17)15-14(18)16-10(2)11-3-4-12-13(7-11)20-6-5-19-12/h3-4,7,9-10,17H,5-6,8H2,1-2H3,(H2,15,16,18)/t9-,10-/m0/s1. The molecular weight excluding hydrogens is 260 g/mol. The van der Waals surface area contributed by atoms with Gasteiger partial charge in [-0.15, -0.1) is 0 Å². The number of hydrogen-bond donors (Lipinski definition) is 3. The Balaban J connectivity index is 1.98. The van der Waals surface area contributed by atoms with E-state index in [2.05, 4.69) is 10.6 Å². The number of carbonyl (C=O) groups is 1. The van der Waals surface area contributed by atoms with Crippen molar-refractivity contribution in [3.8, 4) is 11.5 Å². The van der Waals surface area contributed by atoms with Gasteiger partial charge in [0.05, 0.1) is 18.7 Å². The molecule has 2 rings (SSSR count). The minimum Gasteiger partial charge on any atom is -0.486 e. The Morgan fingerprint density at radius 2 is 1.95 bits per heavy atom. The Labute approximate surface area is 118 Å². The fourth-order valence-corrected chi connectivity index (χ4v) is 1.92. The maximum absolute atomic E-state index is 11.7. The molecule has 2 atom stereocenters. The first-order chi connectivity index (χ1) is 9.60. The summed E-state index contributed by atoms with van der Waals surface area (Å²) in [6.45, 7) is 4.61. The van der Waals surface area contributed by atoms with Crippen LogP contribution in [-0.4, -0.2) is 37.0 Å². The number of hydrogen-bond acceptors (Lipinski definition) is 4. The number of aliphatic hydroxyl groups excluding tert-OH is 1. The zero-order chi connectivity index (χ0) is 14.5. The van der Waals surface area contributed by atoms with E-state index in [1.165, 1.54) is 0 Å². The molecule has 110 valence electrons. The summed E-state index contributed by atoms with van der Waals surface area (Å²) in [4.78, 5) is 11.7. The average Bonchev–Trinajstić information content (AvgIpc) is 2.46. The van der Waals surface area contributed by atoms with Crippen LogP contribution in [0.5, 0.6) is 11.5 Å². The van der Waals surface area contributed by atoms with Crippen molar-refractivity contribution in [1.82, 2.24) is 10.6 Å². The Kier molecular flexibility index (Phi) is 4.68. The van der Waals surface area contributed by atoms with Crippen LogP contribution in [0.2, 0.25) is 0 Å². The van der Waals surface area contributed by atoms with Gasteiger partial charge in [-0.05, 0) is 31.5 Å². The molecule has 0 aliphatic carbocycles. The van der Waals surface area contributed by atoms with Gasteiger partial charge in [-0.1, -0.05) is 6.07 Å². The molecule has 0 bridgehead atoms. The number of carbonyl (C=O) groups excluding carboxylic acids is 1. The SMILES string of the molecule is C[C@H](NC(=O)N[C@@H](C)CO)c1ccc2c(c1)OCCO2. The number of ether oxygens (including phenoxy) is 2. The molecule has 6 nitrogen and oxygen atoms in total. The third kappa shape index (κ3) is 3.54. The van der Waals surface area contributed by atoms with Crippen molar-refractivity contribution in [1.29, 1.82) is 0 Å². The second-order valence-electron chi connectivity index (χ2n) is 4.83. The minimum atomic E-state index is -0.311. The molecular formula is C14H20N2O4. The average molecular weight is 280 g/mol. The summed E-state index contributed by atoms with van der Waals surface area (Å²) >= 11 is 0. The van der Waals surface area contributed by atoms with E-state index in [-0.39, 0.29) is 24.7 Å². The maximum Gasteiger partial charge on any atom is 0.315 e. The quantitative estimate of drug-likeness (QED) is 0.774. The largest absolute Gasteiger partial charge is 0.486 e. The Morgan fingerprint density at radius 1 is 1.25 bits per heavy atom. The number of nitrogens with one attached hydrogen (secondary N) is 2. The van der Waals surface area contributed by atoms with Gasteiger partial charge in [0.15, 0.2) is 11.5 Å². The van der Waals surface area contributed by atoms with Crippen LogP contribution in [0, 0.1) is 0 Å². The normalized spacial score (nSPS) is 16.1. The van der Waals surface area contributed by atoms with Crippen molar-refractivity contribution >= 4 is 6.03 Å². The summed E-state index contributed by atoms with van der Waals surface area (Å²) in [6, 6.07) is 4.85. The summed E-state index contributed by atoms with van der Waals surface area (Å²) in [6.07, 6.45) is 0. The zero-order valence-corrected chi connectivity index (χ0v) is 11.7. The molecule has 0 saturated carbocycles. The van der Waals surface area contributed by atoms with Crippen LogP contribution in [-0.2, 0) is 0 Å². The summed E-state index contributed by atoms with van der Waals surface area (Å²) in [7, 11) is 0. The van der Waals surface area contributed by atoms with Gasteiger partial charge >= 0.3 is 6.03 Å². The molecule has 1 aromatic rings. The number of aliphatic hydroxyl groups is 1. The smallest absolute Gasteiger partial charge is 0.315 e. The first kappa shape index (κ1) is 14.5. The van der Waals surface area contributed by atoms with Crippen molar-refractivity contribution in [3.63, 3.8) is 0 Å². The first-order valence-electron chi connectivity index (χ1n) is 6.67. The Hall–Kier alpha value is -1.95. The predicted molar refractivity (Wildman–Crippen MR) is 74.1 cm³/mol. The van der Waals surface area contributed by atoms with Gasteiger partial charge in [0, 0.05) is 0 Å². The van der Waals surface area contributed by atoms with Crippen molar-refractivity contribution in [2.75, 3.05) is 19.8 Å². The third-order valence-corrected chi connectivity index (χ3v) is 3.07. The lowest BCUT2D eigenvalue weighted by Gasteiger charge is -2.21. The lowest BCUT2D eigenvalue weighted by Crippen LogP contribution is -2.43. The first-order valence-corrected chi connectivity index (χ1v) is 6.67. The number of urea groups is 1. The van der Waals surface area contributed by atoms with Crippen LogP contribution < -0.4 is 20.1 Å². The maximum atomic E-state index is 11.7. The van der Waals surface area contributed by atoms with E-state index in [4.69, 9.17) is 14.6 Å². The summed E-state index contributed by atoms with van der Waals surface area (Å²) in [5, 5.41) is 14.3. The fourth-order valence-electron chi connectivity index (χ4n) is 1.92. The predicted octanol–water partition coefficient (Wildman–Crippen LogP) is 1.20. The van der Waals surface area contributed by atoms with E-state index in [1.807, 2.05) is 25.1 Å². The third-order valence-electron chi connectivity index (χ3n) is 3.07. The summed E-state index contributed by atoms with van der Waals surface area (Å²) in [5.41, 5.74) is 0.932. The van der Waals surface area contributed by atoms with Gasteiger partial charge in [-0.2, -0.15) is 0 Å². The molecule has 1 aromatic carbocycles. The Bertz CT molecular complexity index is 478. The lowest BCUT2D eigenvalue weighted by molar-refractivity contribution is 0.171. The Morgan fingerprint density at radius 3 is 2.65 bits per heavy atom. The van der Waals surface area contributed by atoms with Crippen LogP contribution >= 0.6 is 0 Å². The van der Waals surface area contributed by atoms with Gasteiger partial charge < -0.3 is 25.2 Å². The topological polar surface area (TPSA) is 79.8 Å². The van der Waals surface area contributed by atoms with E-state index in [0.717, 1.165) is 11.3 Å². The molecule has 3 N–H and O–H groups in total. The molecule has 1 heterocycles. The van der Waals surface area contributed by atoms with Crippen LogP contribution in [0.1, 0.15) is 25.5 Å². The van der Waals surface area contributed by atoms with E-state index in [9.17, 15) is 4.79 Å². The highest BCUT2D eigenvalue weighted by molar-refractivity contribution is 5.74. The molecule has 0 aromatic heterocycles. The zero-order valence-electron chi connectivity index (χ0n) is 11.7. The number of benzene rings is 1. The molecule has 0 spiro atoms. The van der Waals surface area contributed by atoms with Crippen LogP contribution in [0.3, 0.4) is 0 Å². The molecule has 0 fully saturated rings. The fraction of sp³-hybridized carbons (Fsp3) is 0.500. The summed E-state index contributed by atoms with van der Waals surface area (Å²) in [5.74, 6) is 1.43. The molecule has 2 amide bonds. The second-order valence-corrected chi connectivity index (χ2v) is 4.83. The van der Waals surface area contributed by atoms with E-state index in [0.29, 0.717) is 19.0 Å². The van der Waals surface area contributed by atoms with Crippen molar-refractivity contribution in [2.45, 2.75) is 25.9 Å². The number of rotatable bonds is 4. The van der Waals surface area contributed by atoms with E-state index in [1.54, 1.807) is 6.92 Å². The molecule has 20 heavy (non-hydrogen) atoms. The van der Waals surface area contributed by atoms with Gasteiger partial charge in [0.2, 0.25) is 0 Å². The number of amides is 2. The monoisotopic (exact) mass is 280 g/mol. The van der Waals surface area contributed by atoms with Crippen molar-refractivity contribution in [3.05, 3.63) is 23.8 Å². The molecule has 6 heteroatoms. The number of fused-ring (bicyclic) bond motifs is 1. The highest BCUT2D eigenvalue weighted by atomic mass is 16.6. The summed E-state index contributed by atoms with van der Waals surface area (Å²) < 4.78 is 11.0. The lowest BCUT2D eigenvalue weighted by atomic mass is 10.1. The highest BCUT2D eigenvalue weighted by Crippen LogP contribution is 2.32. The molecule has 0 radical (unpaired) electrons. The van der Waals surface area contributed by atoms with Crippen LogP contribution in [0.15, 0.2) is 18.2 Å². The van der Waals surface area contributed by atoms with Crippen LogP contribution in [0.25, 0.3) is 0 Å². The highest BCUT2D eigenvalue weighted by Gasteiger charge is 2.16. The molecule has 0 unspecified atom stereocenters.